The Hall–Kier alpha value is -2.63. The predicted molar refractivity (Wildman–Crippen MR) is 87.3 cm³/mol. The number of H-pyrrole nitrogens is 1. The second-order valence-corrected chi connectivity index (χ2v) is 6.05. The highest BCUT2D eigenvalue weighted by Gasteiger charge is 2.23. The standard InChI is InChI=1S/C17H18N4O2/c22-15(23)7-6-12-14-10-19-16-13(8-9-18-16)21(14)17(20-12)11-4-2-1-3-5-11/h6-11,18H,1-5H2,(H,22,23)/b7-6+. The number of hydrogen-bond donors (Lipinski definition) is 2. The Labute approximate surface area is 132 Å². The lowest BCUT2D eigenvalue weighted by Crippen LogP contribution is -2.09. The van der Waals surface area contributed by atoms with Crippen LogP contribution in [-0.2, 0) is 4.79 Å². The Morgan fingerprint density at radius 1 is 1.30 bits per heavy atom. The Balaban J connectivity index is 1.95. The van der Waals surface area contributed by atoms with Crippen LogP contribution < -0.4 is 0 Å². The molecule has 6 nitrogen and oxygen atoms in total. The van der Waals surface area contributed by atoms with Gasteiger partial charge in [-0.25, -0.2) is 14.8 Å². The summed E-state index contributed by atoms with van der Waals surface area (Å²) in [5.41, 5.74) is 3.34. The maximum Gasteiger partial charge on any atom is 0.328 e. The topological polar surface area (TPSA) is 83.3 Å². The molecule has 1 aliphatic carbocycles. The summed E-state index contributed by atoms with van der Waals surface area (Å²) < 4.78 is 2.14. The molecule has 0 amide bonds. The van der Waals surface area contributed by atoms with Gasteiger partial charge < -0.3 is 10.1 Å². The van der Waals surface area contributed by atoms with Crippen LogP contribution in [0.5, 0.6) is 0 Å². The summed E-state index contributed by atoms with van der Waals surface area (Å²) in [6.07, 6.45) is 12.3. The molecule has 2 N–H and O–H groups in total. The van der Waals surface area contributed by atoms with Gasteiger partial charge in [-0.1, -0.05) is 19.3 Å². The smallest absolute Gasteiger partial charge is 0.328 e. The number of aromatic amines is 1. The van der Waals surface area contributed by atoms with Crippen molar-refractivity contribution in [1.82, 2.24) is 19.4 Å². The summed E-state index contributed by atoms with van der Waals surface area (Å²) in [4.78, 5) is 23.2. The van der Waals surface area contributed by atoms with E-state index < -0.39 is 5.97 Å². The number of rotatable bonds is 3. The summed E-state index contributed by atoms with van der Waals surface area (Å²) in [6, 6.07) is 1.99. The molecular weight excluding hydrogens is 292 g/mol. The third-order valence-corrected chi connectivity index (χ3v) is 4.58. The van der Waals surface area contributed by atoms with Crippen LogP contribution in [0.4, 0.5) is 0 Å². The lowest BCUT2D eigenvalue weighted by atomic mass is 9.89. The van der Waals surface area contributed by atoms with Crippen LogP contribution >= 0.6 is 0 Å². The number of imidazole rings is 1. The third kappa shape index (κ3) is 2.40. The first-order chi connectivity index (χ1) is 11.2. The second kappa shape index (κ2) is 5.53. The number of carboxylic acid groups (broad SMARTS) is 1. The molecule has 3 aromatic heterocycles. The van der Waals surface area contributed by atoms with Crippen molar-refractivity contribution in [2.45, 2.75) is 38.0 Å². The summed E-state index contributed by atoms with van der Waals surface area (Å²) >= 11 is 0. The van der Waals surface area contributed by atoms with Crippen LogP contribution in [0.25, 0.3) is 22.8 Å². The van der Waals surface area contributed by atoms with Crippen molar-refractivity contribution >= 4 is 28.7 Å². The van der Waals surface area contributed by atoms with Crippen molar-refractivity contribution in [1.29, 1.82) is 0 Å². The van der Waals surface area contributed by atoms with Gasteiger partial charge in [0.1, 0.15) is 5.82 Å². The molecule has 0 aromatic carbocycles. The number of hydrogen-bond acceptors (Lipinski definition) is 3. The van der Waals surface area contributed by atoms with Crippen molar-refractivity contribution in [3.8, 4) is 0 Å². The van der Waals surface area contributed by atoms with Gasteiger partial charge in [-0.3, -0.25) is 4.40 Å². The van der Waals surface area contributed by atoms with Crippen LogP contribution in [0.1, 0.15) is 49.5 Å². The van der Waals surface area contributed by atoms with Crippen molar-refractivity contribution in [3.05, 3.63) is 36.1 Å². The zero-order valence-electron chi connectivity index (χ0n) is 12.7. The van der Waals surface area contributed by atoms with E-state index in [2.05, 4.69) is 14.4 Å². The van der Waals surface area contributed by atoms with Gasteiger partial charge in [0.2, 0.25) is 0 Å². The molecule has 1 saturated carbocycles. The van der Waals surface area contributed by atoms with Crippen molar-refractivity contribution in [3.63, 3.8) is 0 Å². The fraction of sp³-hybridized carbons (Fsp3) is 0.353. The molecule has 0 radical (unpaired) electrons. The molecule has 6 heteroatoms. The number of nitrogens with zero attached hydrogens (tertiary/aromatic N) is 3. The van der Waals surface area contributed by atoms with Gasteiger partial charge in [0.05, 0.1) is 22.9 Å². The Morgan fingerprint density at radius 3 is 2.91 bits per heavy atom. The van der Waals surface area contributed by atoms with Gasteiger partial charge in [0.15, 0.2) is 5.65 Å². The summed E-state index contributed by atoms with van der Waals surface area (Å²) in [5, 5.41) is 8.90. The molecule has 4 rings (SSSR count). The second-order valence-electron chi connectivity index (χ2n) is 6.05. The van der Waals surface area contributed by atoms with E-state index in [1.54, 1.807) is 12.3 Å². The number of aliphatic carboxylic acids is 1. The average Bonchev–Trinajstić information content (AvgIpc) is 3.17. The number of nitrogens with one attached hydrogen (secondary N) is 1. The first kappa shape index (κ1) is 14.0. The minimum absolute atomic E-state index is 0.420. The van der Waals surface area contributed by atoms with E-state index in [9.17, 15) is 4.79 Å². The van der Waals surface area contributed by atoms with Crippen molar-refractivity contribution in [2.75, 3.05) is 0 Å². The number of carbonyl (C=O) groups is 1. The minimum Gasteiger partial charge on any atom is -0.478 e. The molecule has 118 valence electrons. The van der Waals surface area contributed by atoms with Crippen LogP contribution in [-0.4, -0.2) is 30.4 Å². The average molecular weight is 310 g/mol. The minimum atomic E-state index is -0.971. The summed E-state index contributed by atoms with van der Waals surface area (Å²) in [5.74, 6) is 0.474. The third-order valence-electron chi connectivity index (χ3n) is 4.58. The summed E-state index contributed by atoms with van der Waals surface area (Å²) in [6.45, 7) is 0. The molecule has 3 heterocycles. The van der Waals surface area contributed by atoms with Crippen molar-refractivity contribution < 1.29 is 9.90 Å². The molecule has 1 aliphatic rings. The number of fused-ring (bicyclic) bond motifs is 3. The molecule has 0 atom stereocenters. The van der Waals surface area contributed by atoms with E-state index >= 15 is 0 Å². The quantitative estimate of drug-likeness (QED) is 0.727. The highest BCUT2D eigenvalue weighted by atomic mass is 16.4. The molecule has 23 heavy (non-hydrogen) atoms. The van der Waals surface area contributed by atoms with Crippen LogP contribution in [0.2, 0.25) is 0 Å². The molecule has 1 fully saturated rings. The maximum atomic E-state index is 10.8. The Kier molecular flexibility index (Phi) is 3.37. The lowest BCUT2D eigenvalue weighted by molar-refractivity contribution is -0.131. The van der Waals surface area contributed by atoms with E-state index in [0.29, 0.717) is 11.6 Å². The largest absolute Gasteiger partial charge is 0.478 e. The van der Waals surface area contributed by atoms with E-state index in [0.717, 1.165) is 41.4 Å². The zero-order valence-corrected chi connectivity index (χ0v) is 12.7. The van der Waals surface area contributed by atoms with E-state index in [1.165, 1.54) is 19.3 Å². The monoisotopic (exact) mass is 310 g/mol. The van der Waals surface area contributed by atoms with Crippen LogP contribution in [0.3, 0.4) is 0 Å². The number of carboxylic acids is 1. The van der Waals surface area contributed by atoms with Gasteiger partial charge in [-0.05, 0) is 25.0 Å². The molecule has 0 bridgehead atoms. The molecule has 0 unspecified atom stereocenters. The molecular formula is C17H18N4O2. The van der Waals surface area contributed by atoms with Crippen molar-refractivity contribution in [2.24, 2.45) is 0 Å². The van der Waals surface area contributed by atoms with Crippen LogP contribution in [0, 0.1) is 0 Å². The molecule has 0 saturated heterocycles. The highest BCUT2D eigenvalue weighted by molar-refractivity contribution is 5.87. The van der Waals surface area contributed by atoms with Gasteiger partial charge in [0, 0.05) is 18.2 Å². The summed E-state index contributed by atoms with van der Waals surface area (Å²) in [7, 11) is 0. The number of aromatic nitrogens is 4. The zero-order chi connectivity index (χ0) is 15.8. The van der Waals surface area contributed by atoms with E-state index in [4.69, 9.17) is 10.1 Å². The Morgan fingerprint density at radius 2 is 2.13 bits per heavy atom. The van der Waals surface area contributed by atoms with Crippen LogP contribution in [0.15, 0.2) is 24.5 Å². The predicted octanol–water partition coefficient (Wildman–Crippen LogP) is 3.36. The molecule has 0 aliphatic heterocycles. The highest BCUT2D eigenvalue weighted by Crippen LogP contribution is 2.34. The first-order valence-electron chi connectivity index (χ1n) is 7.99. The fourth-order valence-electron chi connectivity index (χ4n) is 3.52. The molecule has 0 spiro atoms. The van der Waals surface area contributed by atoms with Gasteiger partial charge in [-0.2, -0.15) is 0 Å². The van der Waals surface area contributed by atoms with E-state index in [-0.39, 0.29) is 0 Å². The molecule has 3 aromatic rings. The lowest BCUT2D eigenvalue weighted by Gasteiger charge is -2.20. The van der Waals surface area contributed by atoms with E-state index in [1.807, 2.05) is 12.3 Å². The Bertz CT molecular complexity index is 900. The van der Waals surface area contributed by atoms with Gasteiger partial charge in [-0.15, -0.1) is 0 Å². The normalized spacial score (nSPS) is 16.7. The maximum absolute atomic E-state index is 10.8. The van der Waals surface area contributed by atoms with Gasteiger partial charge >= 0.3 is 5.97 Å². The van der Waals surface area contributed by atoms with Gasteiger partial charge in [0.25, 0.3) is 0 Å². The fourth-order valence-corrected chi connectivity index (χ4v) is 3.52. The SMILES string of the molecule is O=C(O)/C=C/c1nc(C2CCCCC2)n2c1cnc1[nH]ccc12. The first-order valence-corrected chi connectivity index (χ1v) is 7.99.